The summed E-state index contributed by atoms with van der Waals surface area (Å²) in [7, 11) is 0. The first-order valence-corrected chi connectivity index (χ1v) is 6.38. The molecular weight excluding hydrogens is 258 g/mol. The maximum absolute atomic E-state index is 11.6. The zero-order valence-corrected chi connectivity index (χ0v) is 11.3. The summed E-state index contributed by atoms with van der Waals surface area (Å²) in [4.78, 5) is 11.6. The Kier molecular flexibility index (Phi) is 4.60. The summed E-state index contributed by atoms with van der Waals surface area (Å²) in [5, 5.41) is 3.94. The lowest BCUT2D eigenvalue weighted by Gasteiger charge is -2.11. The van der Waals surface area contributed by atoms with Crippen molar-refractivity contribution in [2.45, 2.75) is 13.5 Å². The minimum absolute atomic E-state index is 0.244. The Morgan fingerprint density at radius 1 is 1.25 bits per heavy atom. The van der Waals surface area contributed by atoms with Crippen molar-refractivity contribution in [3.63, 3.8) is 0 Å². The third-order valence-electron chi connectivity index (χ3n) is 2.60. The van der Waals surface area contributed by atoms with Crippen LogP contribution in [0.3, 0.4) is 0 Å². The molecule has 6 heteroatoms. The Morgan fingerprint density at radius 3 is 2.60 bits per heavy atom. The van der Waals surface area contributed by atoms with Crippen LogP contribution in [0.15, 0.2) is 41.3 Å². The molecule has 1 heterocycles. The van der Waals surface area contributed by atoms with Crippen LogP contribution >= 0.6 is 0 Å². The van der Waals surface area contributed by atoms with Crippen LogP contribution < -0.4 is 20.8 Å². The van der Waals surface area contributed by atoms with Crippen molar-refractivity contribution in [3.8, 4) is 11.5 Å². The number of para-hydroxylation sites is 2. The van der Waals surface area contributed by atoms with Gasteiger partial charge >= 0.3 is 0 Å². The highest BCUT2D eigenvalue weighted by atomic mass is 16.5. The Hall–Kier alpha value is -2.50. The van der Waals surface area contributed by atoms with Gasteiger partial charge in [0.15, 0.2) is 11.5 Å². The Morgan fingerprint density at radius 2 is 1.95 bits per heavy atom. The first kappa shape index (κ1) is 13.9. The van der Waals surface area contributed by atoms with Crippen molar-refractivity contribution in [2.75, 3.05) is 18.9 Å². The zero-order chi connectivity index (χ0) is 14.4. The van der Waals surface area contributed by atoms with Crippen LogP contribution in [-0.2, 0) is 6.54 Å². The highest BCUT2D eigenvalue weighted by Crippen LogP contribution is 2.26. The highest BCUT2D eigenvalue weighted by Gasteiger charge is 2.04. The number of hydrogen-bond donors (Lipinski definition) is 1. The van der Waals surface area contributed by atoms with Crippen LogP contribution in [0, 0.1) is 0 Å². The lowest BCUT2D eigenvalue weighted by Crippen LogP contribution is -2.25. The Balaban J connectivity index is 1.97. The first-order chi connectivity index (χ1) is 9.70. The number of nitrogens with zero attached hydrogens (tertiary/aromatic N) is 2. The molecule has 2 N–H and O–H groups in total. The van der Waals surface area contributed by atoms with Gasteiger partial charge in [0, 0.05) is 6.07 Å². The quantitative estimate of drug-likeness (QED) is 0.859. The maximum Gasteiger partial charge on any atom is 0.268 e. The van der Waals surface area contributed by atoms with E-state index in [0.717, 1.165) is 0 Å². The van der Waals surface area contributed by atoms with Crippen molar-refractivity contribution in [2.24, 2.45) is 0 Å². The lowest BCUT2D eigenvalue weighted by atomic mass is 10.3. The average Bonchev–Trinajstić information content (AvgIpc) is 2.43. The summed E-state index contributed by atoms with van der Waals surface area (Å²) >= 11 is 0. The summed E-state index contributed by atoms with van der Waals surface area (Å²) in [6.07, 6.45) is 1.44. The molecule has 1 aromatic heterocycles. The molecule has 6 nitrogen and oxygen atoms in total. The molecule has 0 aliphatic carbocycles. The summed E-state index contributed by atoms with van der Waals surface area (Å²) in [5.41, 5.74) is 5.59. The van der Waals surface area contributed by atoms with Gasteiger partial charge in [-0.05, 0) is 19.1 Å². The predicted octanol–water partition coefficient (Wildman–Crippen LogP) is 1.30. The summed E-state index contributed by atoms with van der Waals surface area (Å²) in [6.45, 7) is 3.15. The fourth-order valence-electron chi connectivity index (χ4n) is 1.70. The predicted molar refractivity (Wildman–Crippen MR) is 76.0 cm³/mol. The zero-order valence-electron chi connectivity index (χ0n) is 11.3. The molecule has 0 fully saturated rings. The third kappa shape index (κ3) is 3.50. The number of anilines is 1. The van der Waals surface area contributed by atoms with Gasteiger partial charge in [0.25, 0.3) is 5.56 Å². The van der Waals surface area contributed by atoms with E-state index >= 15 is 0 Å². The number of hydrogen-bond acceptors (Lipinski definition) is 5. The number of nitrogens with two attached hydrogens (primary N) is 1. The van der Waals surface area contributed by atoms with E-state index in [1.165, 1.54) is 16.9 Å². The van der Waals surface area contributed by atoms with E-state index in [0.29, 0.717) is 36.9 Å². The van der Waals surface area contributed by atoms with E-state index in [9.17, 15) is 4.79 Å². The number of aromatic nitrogens is 2. The van der Waals surface area contributed by atoms with Gasteiger partial charge in [-0.2, -0.15) is 5.10 Å². The number of benzene rings is 1. The molecule has 2 rings (SSSR count). The van der Waals surface area contributed by atoms with Gasteiger partial charge in [0.05, 0.1) is 25.0 Å². The molecule has 2 aromatic rings. The van der Waals surface area contributed by atoms with Crippen LogP contribution in [0.4, 0.5) is 5.69 Å². The van der Waals surface area contributed by atoms with E-state index in [2.05, 4.69) is 5.10 Å². The molecule has 0 saturated heterocycles. The second-order valence-electron chi connectivity index (χ2n) is 4.08. The van der Waals surface area contributed by atoms with Crippen molar-refractivity contribution < 1.29 is 9.47 Å². The molecule has 1 aromatic carbocycles. The first-order valence-electron chi connectivity index (χ1n) is 6.38. The second kappa shape index (κ2) is 6.60. The van der Waals surface area contributed by atoms with Crippen molar-refractivity contribution >= 4 is 5.69 Å². The number of nitrogen functional groups attached to an aromatic ring is 1. The van der Waals surface area contributed by atoms with Crippen LogP contribution in [0.25, 0.3) is 0 Å². The van der Waals surface area contributed by atoms with Crippen LogP contribution in [0.1, 0.15) is 6.92 Å². The van der Waals surface area contributed by atoms with Crippen molar-refractivity contribution in [3.05, 3.63) is 46.9 Å². The van der Waals surface area contributed by atoms with Gasteiger partial charge in [0.2, 0.25) is 0 Å². The Labute approximate surface area is 116 Å². The smallest absolute Gasteiger partial charge is 0.268 e. The number of rotatable bonds is 6. The van der Waals surface area contributed by atoms with Gasteiger partial charge in [-0.3, -0.25) is 4.79 Å². The largest absolute Gasteiger partial charge is 0.490 e. The molecule has 0 radical (unpaired) electrons. The Bertz CT molecular complexity index is 625. The van der Waals surface area contributed by atoms with E-state index < -0.39 is 0 Å². The van der Waals surface area contributed by atoms with Crippen molar-refractivity contribution in [1.82, 2.24) is 9.78 Å². The number of ether oxygens (including phenoxy) is 2. The monoisotopic (exact) mass is 275 g/mol. The second-order valence-corrected chi connectivity index (χ2v) is 4.08. The summed E-state index contributed by atoms with van der Waals surface area (Å²) in [5.74, 6) is 1.34. The topological polar surface area (TPSA) is 79.4 Å². The molecule has 0 aliphatic heterocycles. The van der Waals surface area contributed by atoms with E-state index in [-0.39, 0.29) is 5.56 Å². The molecule has 0 atom stereocenters. The molecule has 0 unspecified atom stereocenters. The highest BCUT2D eigenvalue weighted by molar-refractivity contribution is 5.39. The minimum Gasteiger partial charge on any atom is -0.490 e. The lowest BCUT2D eigenvalue weighted by molar-refractivity contribution is 0.260. The molecular formula is C14H17N3O3. The van der Waals surface area contributed by atoms with Gasteiger partial charge in [0.1, 0.15) is 6.61 Å². The summed E-state index contributed by atoms with van der Waals surface area (Å²) in [6, 6.07) is 8.74. The molecule has 0 saturated carbocycles. The van der Waals surface area contributed by atoms with Crippen LogP contribution in [0.5, 0.6) is 11.5 Å². The van der Waals surface area contributed by atoms with E-state index in [4.69, 9.17) is 15.2 Å². The minimum atomic E-state index is -0.244. The fraction of sp³-hybridized carbons (Fsp3) is 0.286. The van der Waals surface area contributed by atoms with Gasteiger partial charge < -0.3 is 15.2 Å². The van der Waals surface area contributed by atoms with Gasteiger partial charge in [-0.1, -0.05) is 12.1 Å². The van der Waals surface area contributed by atoms with Crippen molar-refractivity contribution in [1.29, 1.82) is 0 Å². The SMILES string of the molecule is CCOc1ccccc1OCCn1ncc(N)cc1=O. The van der Waals surface area contributed by atoms with E-state index in [1.54, 1.807) is 0 Å². The molecule has 0 bridgehead atoms. The van der Waals surface area contributed by atoms with Gasteiger partial charge in [-0.25, -0.2) is 4.68 Å². The maximum atomic E-state index is 11.6. The molecule has 0 aliphatic rings. The fourth-order valence-corrected chi connectivity index (χ4v) is 1.70. The molecule has 0 amide bonds. The standard InChI is InChI=1S/C14H17N3O3/c1-2-19-12-5-3-4-6-13(12)20-8-7-17-14(18)9-11(15)10-16-17/h3-6,9-10H,2,7-8,15H2,1H3. The normalized spacial score (nSPS) is 10.2. The molecule has 106 valence electrons. The molecule has 0 spiro atoms. The van der Waals surface area contributed by atoms with Crippen LogP contribution in [-0.4, -0.2) is 23.0 Å². The summed E-state index contributed by atoms with van der Waals surface area (Å²) < 4.78 is 12.4. The average molecular weight is 275 g/mol. The van der Waals surface area contributed by atoms with Gasteiger partial charge in [-0.15, -0.1) is 0 Å². The third-order valence-corrected chi connectivity index (χ3v) is 2.60. The van der Waals surface area contributed by atoms with E-state index in [1.807, 2.05) is 31.2 Å². The van der Waals surface area contributed by atoms with Crippen LogP contribution in [0.2, 0.25) is 0 Å². The molecule has 20 heavy (non-hydrogen) atoms.